The van der Waals surface area contributed by atoms with Gasteiger partial charge >= 0.3 is 0 Å². The monoisotopic (exact) mass is 401 g/mol. The molecular formula is C25H27N3O2. The Morgan fingerprint density at radius 3 is 2.50 bits per heavy atom. The van der Waals surface area contributed by atoms with E-state index in [9.17, 15) is 9.59 Å². The number of likely N-dealkylation sites (tertiary alicyclic amines) is 1. The number of rotatable bonds is 5. The van der Waals surface area contributed by atoms with Gasteiger partial charge in [0.15, 0.2) is 0 Å². The van der Waals surface area contributed by atoms with Gasteiger partial charge in [-0.3, -0.25) is 14.6 Å². The van der Waals surface area contributed by atoms with Crippen molar-refractivity contribution in [2.24, 2.45) is 0 Å². The second-order valence-corrected chi connectivity index (χ2v) is 8.48. The van der Waals surface area contributed by atoms with Crippen LogP contribution < -0.4 is 5.32 Å². The molecule has 1 aromatic heterocycles. The zero-order valence-corrected chi connectivity index (χ0v) is 17.7. The first-order valence-corrected chi connectivity index (χ1v) is 10.4. The summed E-state index contributed by atoms with van der Waals surface area (Å²) in [4.78, 5) is 32.1. The van der Waals surface area contributed by atoms with Gasteiger partial charge in [0, 0.05) is 18.1 Å². The Labute approximate surface area is 177 Å². The number of benzene rings is 2. The van der Waals surface area contributed by atoms with E-state index in [1.807, 2.05) is 49.4 Å². The number of nitrogens with zero attached hydrogens (tertiary/aromatic N) is 2. The molecule has 1 aliphatic heterocycles. The quantitative estimate of drug-likeness (QED) is 0.683. The summed E-state index contributed by atoms with van der Waals surface area (Å²) in [5.41, 5.74) is 2.80. The van der Waals surface area contributed by atoms with Gasteiger partial charge in [-0.05, 0) is 42.5 Å². The number of anilines is 1. The molecule has 0 radical (unpaired) electrons. The first-order chi connectivity index (χ1) is 14.4. The van der Waals surface area contributed by atoms with Crippen molar-refractivity contribution >= 4 is 28.4 Å². The topological polar surface area (TPSA) is 62.3 Å². The molecule has 0 saturated carbocycles. The molecule has 1 unspecified atom stereocenters. The van der Waals surface area contributed by atoms with E-state index in [0.29, 0.717) is 31.0 Å². The van der Waals surface area contributed by atoms with Crippen LogP contribution >= 0.6 is 0 Å². The van der Waals surface area contributed by atoms with Crippen LogP contribution in [0.3, 0.4) is 0 Å². The summed E-state index contributed by atoms with van der Waals surface area (Å²) in [7, 11) is 0. The lowest BCUT2D eigenvalue weighted by Crippen LogP contribution is -2.66. The van der Waals surface area contributed by atoms with Crippen LogP contribution in [0.1, 0.15) is 44.2 Å². The maximum atomic E-state index is 13.1. The van der Waals surface area contributed by atoms with Crippen LogP contribution in [0.2, 0.25) is 0 Å². The summed E-state index contributed by atoms with van der Waals surface area (Å²) >= 11 is 0. The van der Waals surface area contributed by atoms with Crippen LogP contribution in [0.4, 0.5) is 5.69 Å². The van der Waals surface area contributed by atoms with Crippen molar-refractivity contribution in [3.63, 3.8) is 0 Å². The Bertz CT molecular complexity index is 1090. The standard InChI is InChI=1S/C25H27N3O2/c1-17(2)19-11-9-18(10-12-19)16-22(29)28-15-13-25(28,3)24(30)27-21-8-4-6-20-7-5-14-26-23(20)21/h4-12,14,17H,13,15-16H2,1-3H3,(H,27,30). The average molecular weight is 402 g/mol. The van der Waals surface area contributed by atoms with Crippen LogP contribution in [0, 0.1) is 0 Å². The average Bonchev–Trinajstić information content (AvgIpc) is 2.73. The van der Waals surface area contributed by atoms with Gasteiger partial charge in [-0.25, -0.2) is 0 Å². The van der Waals surface area contributed by atoms with E-state index >= 15 is 0 Å². The van der Waals surface area contributed by atoms with Gasteiger partial charge in [0.25, 0.3) is 0 Å². The number of nitrogens with one attached hydrogen (secondary N) is 1. The highest BCUT2D eigenvalue weighted by Crippen LogP contribution is 2.33. The Kier molecular flexibility index (Phi) is 5.29. The number of para-hydroxylation sites is 1. The van der Waals surface area contributed by atoms with E-state index in [2.05, 4.69) is 36.3 Å². The van der Waals surface area contributed by atoms with E-state index in [-0.39, 0.29) is 11.8 Å². The van der Waals surface area contributed by atoms with E-state index in [1.165, 1.54) is 5.56 Å². The number of carbonyl (C=O) groups is 2. The zero-order valence-electron chi connectivity index (χ0n) is 17.7. The number of carbonyl (C=O) groups excluding carboxylic acids is 2. The van der Waals surface area contributed by atoms with Gasteiger partial charge in [-0.1, -0.05) is 56.3 Å². The molecule has 1 atom stereocenters. The molecule has 1 saturated heterocycles. The summed E-state index contributed by atoms with van der Waals surface area (Å²) in [5, 5.41) is 3.97. The van der Waals surface area contributed by atoms with Crippen molar-refractivity contribution in [2.75, 3.05) is 11.9 Å². The second-order valence-electron chi connectivity index (χ2n) is 8.48. The highest BCUT2D eigenvalue weighted by Gasteiger charge is 2.49. The fourth-order valence-corrected chi connectivity index (χ4v) is 3.95. The van der Waals surface area contributed by atoms with Crippen LogP contribution in [-0.4, -0.2) is 33.8 Å². The molecular weight excluding hydrogens is 374 g/mol. The zero-order chi connectivity index (χ0) is 21.3. The molecule has 1 fully saturated rings. The normalized spacial score (nSPS) is 18.3. The van der Waals surface area contributed by atoms with Crippen LogP contribution in [-0.2, 0) is 16.0 Å². The van der Waals surface area contributed by atoms with Crippen molar-refractivity contribution in [1.29, 1.82) is 0 Å². The smallest absolute Gasteiger partial charge is 0.250 e. The van der Waals surface area contributed by atoms with E-state index in [0.717, 1.165) is 16.5 Å². The lowest BCUT2D eigenvalue weighted by molar-refractivity contribution is -0.154. The minimum atomic E-state index is -0.841. The Hall–Kier alpha value is -3.21. The third-order valence-electron chi connectivity index (χ3n) is 6.09. The van der Waals surface area contributed by atoms with Crippen molar-refractivity contribution < 1.29 is 9.59 Å². The SMILES string of the molecule is CC(C)c1ccc(CC(=O)N2CCC2(C)C(=O)Nc2cccc3cccnc23)cc1. The molecule has 5 nitrogen and oxygen atoms in total. The molecule has 30 heavy (non-hydrogen) atoms. The summed E-state index contributed by atoms with van der Waals surface area (Å²) in [6.07, 6.45) is 2.66. The number of amides is 2. The van der Waals surface area contributed by atoms with Gasteiger partial charge in [0.1, 0.15) is 5.54 Å². The molecule has 1 aliphatic rings. The third kappa shape index (κ3) is 3.67. The summed E-state index contributed by atoms with van der Waals surface area (Å²) < 4.78 is 0. The molecule has 2 amide bonds. The van der Waals surface area contributed by atoms with Gasteiger partial charge in [-0.15, -0.1) is 0 Å². The second kappa shape index (κ2) is 7.90. The predicted octanol–water partition coefficient (Wildman–Crippen LogP) is 4.53. The van der Waals surface area contributed by atoms with Crippen LogP contribution in [0.25, 0.3) is 10.9 Å². The highest BCUT2D eigenvalue weighted by atomic mass is 16.2. The third-order valence-corrected chi connectivity index (χ3v) is 6.09. The van der Waals surface area contributed by atoms with Gasteiger partial charge in [0.05, 0.1) is 17.6 Å². The molecule has 2 aromatic carbocycles. The minimum Gasteiger partial charge on any atom is -0.328 e. The van der Waals surface area contributed by atoms with Crippen molar-refractivity contribution in [2.45, 2.75) is 45.1 Å². The predicted molar refractivity (Wildman–Crippen MR) is 119 cm³/mol. The van der Waals surface area contributed by atoms with Crippen LogP contribution in [0.5, 0.6) is 0 Å². The molecule has 0 aliphatic carbocycles. The molecule has 0 bridgehead atoms. The molecule has 154 valence electrons. The van der Waals surface area contributed by atoms with Gasteiger partial charge in [-0.2, -0.15) is 0 Å². The van der Waals surface area contributed by atoms with E-state index in [4.69, 9.17) is 0 Å². The lowest BCUT2D eigenvalue weighted by Gasteiger charge is -2.49. The fraction of sp³-hybridized carbons (Fsp3) is 0.320. The number of pyridine rings is 1. The van der Waals surface area contributed by atoms with Crippen LogP contribution in [0.15, 0.2) is 60.8 Å². The van der Waals surface area contributed by atoms with Gasteiger partial charge < -0.3 is 10.2 Å². The number of fused-ring (bicyclic) bond motifs is 1. The van der Waals surface area contributed by atoms with E-state index < -0.39 is 5.54 Å². The first-order valence-electron chi connectivity index (χ1n) is 10.4. The highest BCUT2D eigenvalue weighted by molar-refractivity contribution is 6.06. The maximum absolute atomic E-state index is 13.1. The Balaban J connectivity index is 1.47. The Morgan fingerprint density at radius 1 is 1.10 bits per heavy atom. The maximum Gasteiger partial charge on any atom is 0.250 e. The van der Waals surface area contributed by atoms with Crippen molar-refractivity contribution in [3.8, 4) is 0 Å². The lowest BCUT2D eigenvalue weighted by atomic mass is 9.84. The summed E-state index contributed by atoms with van der Waals surface area (Å²) in [6.45, 7) is 6.73. The largest absolute Gasteiger partial charge is 0.328 e. The number of aromatic nitrogens is 1. The molecule has 1 N–H and O–H groups in total. The Morgan fingerprint density at radius 2 is 1.83 bits per heavy atom. The molecule has 5 heteroatoms. The summed E-state index contributed by atoms with van der Waals surface area (Å²) in [5.74, 6) is 0.267. The molecule has 0 spiro atoms. The van der Waals surface area contributed by atoms with Crippen molar-refractivity contribution in [3.05, 3.63) is 71.9 Å². The molecule has 3 aromatic rings. The summed E-state index contributed by atoms with van der Waals surface area (Å²) in [6, 6.07) is 17.7. The van der Waals surface area contributed by atoms with Crippen molar-refractivity contribution in [1.82, 2.24) is 9.88 Å². The van der Waals surface area contributed by atoms with Gasteiger partial charge in [0.2, 0.25) is 11.8 Å². The van der Waals surface area contributed by atoms with E-state index in [1.54, 1.807) is 11.1 Å². The molecule has 4 rings (SSSR count). The minimum absolute atomic E-state index is 0.0211. The number of hydrogen-bond acceptors (Lipinski definition) is 3. The first kappa shape index (κ1) is 20.1. The number of hydrogen-bond donors (Lipinski definition) is 1. The fourth-order valence-electron chi connectivity index (χ4n) is 3.95. The molecule has 2 heterocycles.